The van der Waals surface area contributed by atoms with Gasteiger partial charge in [0.25, 0.3) is 5.56 Å². The molecule has 30 heavy (non-hydrogen) atoms. The molecule has 1 saturated heterocycles. The number of nitrogens with zero attached hydrogens (tertiary/aromatic N) is 5. The second-order valence-electron chi connectivity index (χ2n) is 8.17. The second-order valence-corrected chi connectivity index (χ2v) is 8.58. The van der Waals surface area contributed by atoms with Gasteiger partial charge in [0.1, 0.15) is 11.6 Å². The maximum Gasteiger partial charge on any atom is 0.332 e. The lowest BCUT2D eigenvalue weighted by Crippen LogP contribution is -2.37. The molecule has 9 heteroatoms. The summed E-state index contributed by atoms with van der Waals surface area (Å²) in [6.07, 6.45) is 2.29. The zero-order valence-electron chi connectivity index (χ0n) is 17.4. The summed E-state index contributed by atoms with van der Waals surface area (Å²) in [5.41, 5.74) is -0.0252. The molecule has 0 bridgehead atoms. The van der Waals surface area contributed by atoms with E-state index in [1.165, 1.54) is 24.1 Å². The van der Waals surface area contributed by atoms with Crippen LogP contribution in [0.2, 0.25) is 5.02 Å². The molecule has 0 aliphatic carbocycles. The van der Waals surface area contributed by atoms with E-state index in [1.807, 2.05) is 0 Å². The largest absolute Gasteiger partial charge is 0.332 e. The van der Waals surface area contributed by atoms with E-state index < -0.39 is 17.1 Å². The molecule has 1 aliphatic rings. The van der Waals surface area contributed by atoms with Gasteiger partial charge in [-0.25, -0.2) is 14.2 Å². The molecule has 0 amide bonds. The summed E-state index contributed by atoms with van der Waals surface area (Å²) < 4.78 is 18.7. The standard InChI is InChI=1S/C21H25ClFN5O2/c1-13-6-5-9-27(10-13)12-17-24-19-18(20(29)26(3)21(30)25(19)2)28(17)11-14-15(22)7-4-8-16(14)23/h4,7-8,13H,5-6,9-12H2,1-3H3/t13-/m0/s1. The Bertz CT molecular complexity index is 1210. The lowest BCUT2D eigenvalue weighted by atomic mass is 10.0. The number of aryl methyl sites for hydroxylation is 1. The predicted octanol–water partition coefficient (Wildman–Crippen LogP) is 2.51. The van der Waals surface area contributed by atoms with Crippen molar-refractivity contribution in [1.29, 1.82) is 0 Å². The zero-order chi connectivity index (χ0) is 21.6. The molecule has 1 fully saturated rings. The molecule has 7 nitrogen and oxygen atoms in total. The van der Waals surface area contributed by atoms with Gasteiger partial charge in [-0.1, -0.05) is 24.6 Å². The molecule has 4 rings (SSSR count). The smallest absolute Gasteiger partial charge is 0.316 e. The van der Waals surface area contributed by atoms with E-state index in [2.05, 4.69) is 16.8 Å². The number of fused-ring (bicyclic) bond motifs is 1. The van der Waals surface area contributed by atoms with E-state index in [0.29, 0.717) is 29.5 Å². The highest BCUT2D eigenvalue weighted by Crippen LogP contribution is 2.24. The van der Waals surface area contributed by atoms with Crippen LogP contribution in [0.15, 0.2) is 27.8 Å². The Balaban J connectivity index is 1.90. The van der Waals surface area contributed by atoms with Crippen LogP contribution in [-0.4, -0.2) is 36.7 Å². The van der Waals surface area contributed by atoms with Gasteiger partial charge in [0.05, 0.1) is 13.1 Å². The van der Waals surface area contributed by atoms with Crippen LogP contribution in [-0.2, 0) is 27.2 Å². The van der Waals surface area contributed by atoms with Crippen LogP contribution in [0.1, 0.15) is 31.2 Å². The van der Waals surface area contributed by atoms with Crippen LogP contribution in [0, 0.1) is 11.7 Å². The van der Waals surface area contributed by atoms with E-state index in [-0.39, 0.29) is 17.1 Å². The maximum atomic E-state index is 14.5. The van der Waals surface area contributed by atoms with Crippen LogP contribution >= 0.6 is 11.6 Å². The van der Waals surface area contributed by atoms with Crippen molar-refractivity contribution in [3.05, 3.63) is 61.3 Å². The predicted molar refractivity (Wildman–Crippen MR) is 114 cm³/mol. The normalized spacial score (nSPS) is 17.7. The van der Waals surface area contributed by atoms with Crippen LogP contribution in [0.5, 0.6) is 0 Å². The monoisotopic (exact) mass is 433 g/mol. The Labute approximate surface area is 178 Å². The average Bonchev–Trinajstić information content (AvgIpc) is 3.05. The highest BCUT2D eigenvalue weighted by atomic mass is 35.5. The molecule has 1 aromatic carbocycles. The molecule has 0 spiro atoms. The van der Waals surface area contributed by atoms with Crippen molar-refractivity contribution in [1.82, 2.24) is 23.6 Å². The topological polar surface area (TPSA) is 65.1 Å². The van der Waals surface area contributed by atoms with E-state index in [0.717, 1.165) is 24.1 Å². The second kappa shape index (κ2) is 8.00. The van der Waals surface area contributed by atoms with E-state index in [9.17, 15) is 14.0 Å². The number of hydrogen-bond acceptors (Lipinski definition) is 4. The molecular formula is C21H25ClFN5O2. The third-order valence-electron chi connectivity index (χ3n) is 5.91. The van der Waals surface area contributed by atoms with Crippen molar-refractivity contribution in [2.75, 3.05) is 13.1 Å². The molecule has 3 aromatic rings. The summed E-state index contributed by atoms with van der Waals surface area (Å²) in [7, 11) is 3.02. The van der Waals surface area contributed by atoms with Gasteiger partial charge in [0.15, 0.2) is 11.2 Å². The van der Waals surface area contributed by atoms with Crippen molar-refractivity contribution in [2.24, 2.45) is 20.0 Å². The van der Waals surface area contributed by atoms with Crippen LogP contribution < -0.4 is 11.2 Å². The minimum atomic E-state index is -0.452. The van der Waals surface area contributed by atoms with E-state index in [1.54, 1.807) is 23.7 Å². The Morgan fingerprint density at radius 2 is 1.97 bits per heavy atom. The fraction of sp³-hybridized carbons (Fsp3) is 0.476. The summed E-state index contributed by atoms with van der Waals surface area (Å²) in [5.74, 6) is 0.759. The number of halogens is 2. The SMILES string of the molecule is C[C@H]1CCCN(Cc2nc3c(c(=O)n(C)c(=O)n3C)n2Cc2c(F)cccc2Cl)C1. The van der Waals surface area contributed by atoms with E-state index in [4.69, 9.17) is 11.6 Å². The first-order valence-electron chi connectivity index (χ1n) is 10.1. The van der Waals surface area contributed by atoms with Crippen LogP contribution in [0.3, 0.4) is 0 Å². The number of piperidine rings is 1. The van der Waals surface area contributed by atoms with Crippen LogP contribution in [0.4, 0.5) is 4.39 Å². The lowest BCUT2D eigenvalue weighted by molar-refractivity contribution is 0.171. The summed E-state index contributed by atoms with van der Waals surface area (Å²) in [6, 6.07) is 4.52. The third-order valence-corrected chi connectivity index (χ3v) is 6.27. The van der Waals surface area contributed by atoms with Crippen molar-refractivity contribution >= 4 is 22.8 Å². The fourth-order valence-electron chi connectivity index (χ4n) is 4.25. The van der Waals surface area contributed by atoms with Crippen molar-refractivity contribution in [2.45, 2.75) is 32.9 Å². The Hall–Kier alpha value is -2.45. The molecule has 0 N–H and O–H groups in total. The molecule has 0 radical (unpaired) electrons. The Kier molecular flexibility index (Phi) is 5.55. The Morgan fingerprint density at radius 1 is 1.20 bits per heavy atom. The van der Waals surface area contributed by atoms with Gasteiger partial charge in [-0.3, -0.25) is 18.8 Å². The van der Waals surface area contributed by atoms with Crippen molar-refractivity contribution in [3.8, 4) is 0 Å². The highest BCUT2D eigenvalue weighted by Gasteiger charge is 2.24. The summed E-state index contributed by atoms with van der Waals surface area (Å²) in [6.45, 7) is 4.66. The van der Waals surface area contributed by atoms with Crippen molar-refractivity contribution < 1.29 is 4.39 Å². The first kappa shape index (κ1) is 20.8. The minimum Gasteiger partial charge on any atom is -0.316 e. The maximum absolute atomic E-state index is 14.5. The molecule has 3 heterocycles. The number of rotatable bonds is 4. The summed E-state index contributed by atoms with van der Waals surface area (Å²) >= 11 is 6.27. The first-order chi connectivity index (χ1) is 14.3. The molecule has 0 unspecified atom stereocenters. The molecule has 1 aliphatic heterocycles. The van der Waals surface area contributed by atoms with Gasteiger partial charge in [-0.05, 0) is 37.4 Å². The summed E-state index contributed by atoms with van der Waals surface area (Å²) in [4.78, 5) is 32.3. The van der Waals surface area contributed by atoms with Crippen molar-refractivity contribution in [3.63, 3.8) is 0 Å². The molecule has 2 aromatic heterocycles. The van der Waals surface area contributed by atoms with Gasteiger partial charge in [0.2, 0.25) is 0 Å². The quantitative estimate of drug-likeness (QED) is 0.634. The molecular weight excluding hydrogens is 409 g/mol. The molecule has 160 valence electrons. The van der Waals surface area contributed by atoms with Crippen LogP contribution in [0.25, 0.3) is 11.2 Å². The lowest BCUT2D eigenvalue weighted by Gasteiger charge is -2.30. The third kappa shape index (κ3) is 3.58. The number of benzene rings is 1. The zero-order valence-corrected chi connectivity index (χ0v) is 18.1. The minimum absolute atomic E-state index is 0.0637. The summed E-state index contributed by atoms with van der Waals surface area (Å²) in [5, 5.41) is 0.288. The fourth-order valence-corrected chi connectivity index (χ4v) is 4.48. The van der Waals surface area contributed by atoms with Gasteiger partial charge < -0.3 is 4.57 Å². The average molecular weight is 434 g/mol. The number of hydrogen-bond donors (Lipinski definition) is 0. The molecule has 0 saturated carbocycles. The van der Waals surface area contributed by atoms with Gasteiger partial charge >= 0.3 is 5.69 Å². The van der Waals surface area contributed by atoms with Gasteiger partial charge in [-0.2, -0.15) is 0 Å². The number of likely N-dealkylation sites (tertiary alicyclic amines) is 1. The molecule has 1 atom stereocenters. The number of imidazole rings is 1. The first-order valence-corrected chi connectivity index (χ1v) is 10.5. The van der Waals surface area contributed by atoms with Gasteiger partial charge in [0, 0.05) is 31.2 Å². The van der Waals surface area contributed by atoms with E-state index >= 15 is 0 Å². The van der Waals surface area contributed by atoms with Gasteiger partial charge in [-0.15, -0.1) is 0 Å². The Morgan fingerprint density at radius 3 is 2.67 bits per heavy atom. The number of aromatic nitrogens is 4. The highest BCUT2D eigenvalue weighted by molar-refractivity contribution is 6.31.